The summed E-state index contributed by atoms with van der Waals surface area (Å²) in [5, 5.41) is 0. The van der Waals surface area contributed by atoms with Gasteiger partial charge < -0.3 is 15.2 Å². The average Bonchev–Trinajstić information content (AvgIpc) is 2.38. The maximum Gasteiger partial charge on any atom is 0.0823 e. The molecule has 1 heterocycles. The smallest absolute Gasteiger partial charge is 0.0823 e. The van der Waals surface area contributed by atoms with Crippen molar-refractivity contribution < 1.29 is 9.47 Å². The zero-order valence-electron chi connectivity index (χ0n) is 10.9. The predicted molar refractivity (Wildman–Crippen MR) is 68.0 cm³/mol. The van der Waals surface area contributed by atoms with Crippen LogP contribution in [-0.2, 0) is 9.47 Å². The minimum Gasteiger partial charge on any atom is -0.376 e. The lowest BCUT2D eigenvalue weighted by Gasteiger charge is -2.44. The molecule has 0 amide bonds. The topological polar surface area (TPSA) is 47.7 Å². The third-order valence-electron chi connectivity index (χ3n) is 3.95. The Morgan fingerprint density at radius 2 is 2.24 bits per heavy atom. The average molecular weight is 242 g/mol. The molecule has 1 aliphatic heterocycles. The van der Waals surface area contributed by atoms with E-state index in [-0.39, 0.29) is 6.10 Å². The van der Waals surface area contributed by atoms with Gasteiger partial charge in [-0.3, -0.25) is 4.90 Å². The first-order valence-electron chi connectivity index (χ1n) is 7.02. The number of ether oxygens (including phenoxy) is 2. The van der Waals surface area contributed by atoms with Gasteiger partial charge >= 0.3 is 0 Å². The van der Waals surface area contributed by atoms with Crippen molar-refractivity contribution in [2.24, 2.45) is 5.73 Å². The molecule has 2 N–H and O–H groups in total. The zero-order valence-corrected chi connectivity index (χ0v) is 10.9. The molecule has 0 aromatic carbocycles. The minimum atomic E-state index is 0.181. The molecule has 3 atom stereocenters. The van der Waals surface area contributed by atoms with Crippen molar-refractivity contribution in [3.63, 3.8) is 0 Å². The van der Waals surface area contributed by atoms with Crippen LogP contribution in [0.5, 0.6) is 0 Å². The maximum atomic E-state index is 5.87. The first-order chi connectivity index (χ1) is 8.35. The Bertz CT molecular complexity index is 223. The van der Waals surface area contributed by atoms with E-state index in [0.717, 1.165) is 26.3 Å². The Kier molecular flexibility index (Phi) is 5.22. The van der Waals surface area contributed by atoms with Gasteiger partial charge in [0.2, 0.25) is 0 Å². The van der Waals surface area contributed by atoms with Gasteiger partial charge in [0.1, 0.15) is 0 Å². The van der Waals surface area contributed by atoms with Gasteiger partial charge in [-0.1, -0.05) is 12.8 Å². The molecule has 2 rings (SSSR count). The lowest BCUT2D eigenvalue weighted by atomic mass is 9.90. The highest BCUT2D eigenvalue weighted by atomic mass is 16.5. The molecular weight excluding hydrogens is 216 g/mol. The molecular formula is C13H26N2O2. The van der Waals surface area contributed by atoms with Crippen molar-refractivity contribution in [1.29, 1.82) is 0 Å². The van der Waals surface area contributed by atoms with E-state index < -0.39 is 0 Å². The van der Waals surface area contributed by atoms with Gasteiger partial charge in [0.25, 0.3) is 0 Å². The van der Waals surface area contributed by atoms with Crippen molar-refractivity contribution in [3.8, 4) is 0 Å². The summed E-state index contributed by atoms with van der Waals surface area (Å²) in [4.78, 5) is 2.54. The Labute approximate surface area is 104 Å². The van der Waals surface area contributed by atoms with Gasteiger partial charge in [-0.15, -0.1) is 0 Å². The lowest BCUT2D eigenvalue weighted by molar-refractivity contribution is -0.101. The van der Waals surface area contributed by atoms with Crippen LogP contribution in [0, 0.1) is 0 Å². The number of hydrogen-bond donors (Lipinski definition) is 1. The van der Waals surface area contributed by atoms with Crippen LogP contribution in [0.1, 0.15) is 32.6 Å². The molecule has 1 saturated carbocycles. The second kappa shape index (κ2) is 6.69. The number of nitrogens with zero attached hydrogens (tertiary/aromatic N) is 1. The fourth-order valence-electron chi connectivity index (χ4n) is 3.10. The summed E-state index contributed by atoms with van der Waals surface area (Å²) in [5.74, 6) is 0. The fourth-order valence-corrected chi connectivity index (χ4v) is 3.10. The molecule has 0 spiro atoms. The number of morpholine rings is 1. The van der Waals surface area contributed by atoms with E-state index in [4.69, 9.17) is 15.2 Å². The molecule has 1 saturated heterocycles. The van der Waals surface area contributed by atoms with Crippen molar-refractivity contribution >= 4 is 0 Å². The highest BCUT2D eigenvalue weighted by molar-refractivity contribution is 4.88. The molecule has 0 aromatic heterocycles. The number of fused-ring (bicyclic) bond motifs is 1. The summed E-state index contributed by atoms with van der Waals surface area (Å²) < 4.78 is 11.5. The third kappa shape index (κ3) is 3.41. The summed E-state index contributed by atoms with van der Waals surface area (Å²) in [6.07, 6.45) is 5.79. The van der Waals surface area contributed by atoms with Crippen molar-refractivity contribution in [2.75, 3.05) is 32.8 Å². The normalized spacial score (nSPS) is 32.1. The lowest BCUT2D eigenvalue weighted by Crippen LogP contribution is -2.55. The summed E-state index contributed by atoms with van der Waals surface area (Å²) in [7, 11) is 0. The molecule has 2 fully saturated rings. The van der Waals surface area contributed by atoms with Crippen LogP contribution >= 0.6 is 0 Å². The van der Waals surface area contributed by atoms with Gasteiger partial charge in [0.05, 0.1) is 18.8 Å². The van der Waals surface area contributed by atoms with Crippen LogP contribution in [0.4, 0.5) is 0 Å². The van der Waals surface area contributed by atoms with Gasteiger partial charge in [-0.2, -0.15) is 0 Å². The quantitative estimate of drug-likeness (QED) is 0.781. The van der Waals surface area contributed by atoms with E-state index in [0.29, 0.717) is 18.7 Å². The van der Waals surface area contributed by atoms with Gasteiger partial charge in [0.15, 0.2) is 0 Å². The summed E-state index contributed by atoms with van der Waals surface area (Å²) in [5.41, 5.74) is 5.76. The van der Waals surface area contributed by atoms with Crippen LogP contribution in [0.15, 0.2) is 0 Å². The van der Waals surface area contributed by atoms with E-state index in [9.17, 15) is 0 Å². The van der Waals surface area contributed by atoms with Gasteiger partial charge in [-0.05, 0) is 19.8 Å². The fraction of sp³-hybridized carbons (Fsp3) is 1.00. The van der Waals surface area contributed by atoms with Crippen molar-refractivity contribution in [3.05, 3.63) is 0 Å². The number of rotatable bonds is 5. The first kappa shape index (κ1) is 13.3. The van der Waals surface area contributed by atoms with Crippen LogP contribution < -0.4 is 5.73 Å². The van der Waals surface area contributed by atoms with Crippen LogP contribution in [-0.4, -0.2) is 56.0 Å². The Morgan fingerprint density at radius 1 is 1.41 bits per heavy atom. The molecule has 4 heteroatoms. The molecule has 0 radical (unpaired) electrons. The predicted octanol–water partition coefficient (Wildman–Crippen LogP) is 0.994. The highest BCUT2D eigenvalue weighted by Gasteiger charge is 2.34. The molecule has 100 valence electrons. The van der Waals surface area contributed by atoms with Crippen LogP contribution in [0.2, 0.25) is 0 Å². The van der Waals surface area contributed by atoms with Gasteiger partial charge in [0, 0.05) is 32.3 Å². The molecule has 2 aliphatic rings. The molecule has 0 aromatic rings. The van der Waals surface area contributed by atoms with E-state index in [2.05, 4.69) is 4.90 Å². The van der Waals surface area contributed by atoms with E-state index in [1.165, 1.54) is 25.7 Å². The van der Waals surface area contributed by atoms with Gasteiger partial charge in [-0.25, -0.2) is 0 Å². The molecule has 1 aliphatic carbocycles. The first-order valence-corrected chi connectivity index (χ1v) is 7.02. The second-order valence-electron chi connectivity index (χ2n) is 5.07. The monoisotopic (exact) mass is 242 g/mol. The molecule has 0 bridgehead atoms. The minimum absolute atomic E-state index is 0.181. The SMILES string of the molecule is CCOC(CN)CN1CCOC2CCCCC21. The summed E-state index contributed by atoms with van der Waals surface area (Å²) >= 11 is 0. The highest BCUT2D eigenvalue weighted by Crippen LogP contribution is 2.28. The molecule has 4 nitrogen and oxygen atoms in total. The largest absolute Gasteiger partial charge is 0.376 e. The Balaban J connectivity index is 1.89. The zero-order chi connectivity index (χ0) is 12.1. The molecule has 17 heavy (non-hydrogen) atoms. The standard InChI is InChI=1S/C13H26N2O2/c1-2-16-11(9-14)10-15-7-8-17-13-6-4-3-5-12(13)15/h11-13H,2-10,14H2,1H3. The Hall–Kier alpha value is -0.160. The Morgan fingerprint density at radius 3 is 3.00 bits per heavy atom. The van der Waals surface area contributed by atoms with Crippen LogP contribution in [0.3, 0.4) is 0 Å². The van der Waals surface area contributed by atoms with Crippen molar-refractivity contribution in [2.45, 2.75) is 50.9 Å². The summed E-state index contributed by atoms with van der Waals surface area (Å²) in [6, 6.07) is 0.604. The van der Waals surface area contributed by atoms with Crippen molar-refractivity contribution in [1.82, 2.24) is 4.90 Å². The van der Waals surface area contributed by atoms with E-state index in [1.807, 2.05) is 6.92 Å². The van der Waals surface area contributed by atoms with E-state index in [1.54, 1.807) is 0 Å². The molecule has 3 unspecified atom stereocenters. The van der Waals surface area contributed by atoms with E-state index >= 15 is 0 Å². The van der Waals surface area contributed by atoms with Crippen LogP contribution in [0.25, 0.3) is 0 Å². The third-order valence-corrected chi connectivity index (χ3v) is 3.95. The number of nitrogens with two attached hydrogens (primary N) is 1. The second-order valence-corrected chi connectivity index (χ2v) is 5.07. The summed E-state index contributed by atoms with van der Waals surface area (Å²) in [6.45, 7) is 6.26. The maximum absolute atomic E-state index is 5.87. The number of hydrogen-bond acceptors (Lipinski definition) is 4.